The summed E-state index contributed by atoms with van der Waals surface area (Å²) in [7, 11) is 1.19. The largest absolute Gasteiger partial charge is 0.487 e. The van der Waals surface area contributed by atoms with Gasteiger partial charge in [0, 0.05) is 12.1 Å². The lowest BCUT2D eigenvalue weighted by atomic mass is 10.2. The predicted octanol–water partition coefficient (Wildman–Crippen LogP) is 5.30. The van der Waals surface area contributed by atoms with Crippen molar-refractivity contribution < 1.29 is 28.8 Å². The van der Waals surface area contributed by atoms with Crippen molar-refractivity contribution in [3.8, 4) is 5.75 Å². The van der Waals surface area contributed by atoms with Crippen molar-refractivity contribution in [3.05, 3.63) is 71.5 Å². The third-order valence-electron chi connectivity index (χ3n) is 4.58. The average Bonchev–Trinajstić information content (AvgIpc) is 3.04. The smallest absolute Gasteiger partial charge is 0.328 e. The van der Waals surface area contributed by atoms with Crippen LogP contribution in [0.15, 0.2) is 50.2 Å². The molecule has 0 aromatic heterocycles. The van der Waals surface area contributed by atoms with Crippen LogP contribution in [0.4, 0.5) is 10.5 Å². The van der Waals surface area contributed by atoms with Crippen molar-refractivity contribution in [2.75, 3.05) is 7.11 Å². The lowest BCUT2D eigenvalue weighted by Gasteiger charge is -2.18. The molecule has 2 aromatic carbocycles. The molecule has 0 N–H and O–H groups in total. The van der Waals surface area contributed by atoms with Crippen LogP contribution in [0.1, 0.15) is 18.1 Å². The topological polar surface area (TPSA) is 116 Å². The Bertz CT molecular complexity index is 1160. The monoisotopic (exact) mass is 598 g/mol. The number of nitrogens with zero attached hydrogens (tertiary/aromatic N) is 2. The van der Waals surface area contributed by atoms with Crippen LogP contribution in [0.25, 0.3) is 6.08 Å². The maximum atomic E-state index is 12.7. The minimum Gasteiger partial charge on any atom is -0.487 e. The molecule has 1 fully saturated rings. The Morgan fingerprint density at radius 3 is 2.52 bits per heavy atom. The number of non-ortho nitro benzene ring substituents is 1. The minimum atomic E-state index is -1.03. The second kappa shape index (κ2) is 10.5. The van der Waals surface area contributed by atoms with E-state index in [0.29, 0.717) is 25.8 Å². The summed E-state index contributed by atoms with van der Waals surface area (Å²) in [5.74, 6) is -0.804. The number of rotatable bonds is 7. The van der Waals surface area contributed by atoms with E-state index < -0.39 is 28.1 Å². The van der Waals surface area contributed by atoms with E-state index in [4.69, 9.17) is 4.74 Å². The molecule has 1 aliphatic heterocycles. The van der Waals surface area contributed by atoms with Gasteiger partial charge in [0.2, 0.25) is 0 Å². The van der Waals surface area contributed by atoms with E-state index in [1.54, 1.807) is 24.3 Å². The van der Waals surface area contributed by atoms with Crippen LogP contribution in [-0.2, 0) is 20.9 Å². The summed E-state index contributed by atoms with van der Waals surface area (Å²) in [5.41, 5.74) is 1.20. The first-order valence-electron chi connectivity index (χ1n) is 9.32. The molecule has 33 heavy (non-hydrogen) atoms. The van der Waals surface area contributed by atoms with Crippen molar-refractivity contribution in [2.24, 2.45) is 0 Å². The third-order valence-corrected chi connectivity index (χ3v) is 6.64. The van der Waals surface area contributed by atoms with Crippen LogP contribution >= 0.6 is 43.6 Å². The molecule has 3 rings (SSSR count). The van der Waals surface area contributed by atoms with Gasteiger partial charge in [0.1, 0.15) is 18.4 Å². The molecule has 0 spiro atoms. The zero-order valence-corrected chi connectivity index (χ0v) is 21.2. The Labute approximate surface area is 209 Å². The number of carbonyl (C=O) groups is 3. The maximum absolute atomic E-state index is 12.7. The van der Waals surface area contributed by atoms with Gasteiger partial charge >= 0.3 is 5.97 Å². The van der Waals surface area contributed by atoms with E-state index in [1.807, 2.05) is 0 Å². The Kier molecular flexibility index (Phi) is 7.92. The van der Waals surface area contributed by atoms with Gasteiger partial charge < -0.3 is 9.47 Å². The number of nitro groups is 1. The number of amides is 2. The van der Waals surface area contributed by atoms with E-state index in [1.165, 1.54) is 32.2 Å². The summed E-state index contributed by atoms with van der Waals surface area (Å²) in [4.78, 5) is 48.2. The standard InChI is InChI=1S/C21H16Br2N2O7S/c1-11(20(27)31-2)24-19(26)17(33-21(24)28)9-13-7-15(22)18(16(23)8-13)32-10-12-4-3-5-14(6-12)25(29)30/h3-9,11H,10H2,1-2H3/b17-9+/t11-/m1/s1. The minimum absolute atomic E-state index is 0.0277. The van der Waals surface area contributed by atoms with Crippen LogP contribution < -0.4 is 4.74 Å². The molecular formula is C21H16Br2N2O7S. The first-order valence-corrected chi connectivity index (χ1v) is 11.7. The van der Waals surface area contributed by atoms with Gasteiger partial charge in [0.25, 0.3) is 16.8 Å². The zero-order valence-electron chi connectivity index (χ0n) is 17.2. The van der Waals surface area contributed by atoms with Crippen LogP contribution in [0.2, 0.25) is 0 Å². The molecule has 172 valence electrons. The van der Waals surface area contributed by atoms with Gasteiger partial charge in [0.15, 0.2) is 0 Å². The number of hydrogen-bond acceptors (Lipinski definition) is 8. The van der Waals surface area contributed by atoms with E-state index in [9.17, 15) is 24.5 Å². The number of benzene rings is 2. The number of thioether (sulfide) groups is 1. The number of esters is 1. The molecule has 1 aliphatic rings. The van der Waals surface area contributed by atoms with Gasteiger partial charge in [-0.1, -0.05) is 12.1 Å². The van der Waals surface area contributed by atoms with Crippen LogP contribution in [0.3, 0.4) is 0 Å². The first-order chi connectivity index (χ1) is 15.6. The molecule has 1 saturated heterocycles. The number of methoxy groups -OCH3 is 1. The lowest BCUT2D eigenvalue weighted by molar-refractivity contribution is -0.384. The van der Waals surface area contributed by atoms with Gasteiger partial charge in [-0.3, -0.25) is 24.6 Å². The van der Waals surface area contributed by atoms with Crippen LogP contribution in [0.5, 0.6) is 5.75 Å². The fourth-order valence-electron chi connectivity index (χ4n) is 2.96. The fraction of sp³-hybridized carbons (Fsp3) is 0.190. The molecule has 0 saturated carbocycles. The quantitative estimate of drug-likeness (QED) is 0.182. The SMILES string of the molecule is COC(=O)[C@@H](C)N1C(=O)S/C(=C/c2cc(Br)c(OCc3cccc([N+](=O)[O-])c3)c(Br)c2)C1=O. The summed E-state index contributed by atoms with van der Waals surface area (Å²) in [6.07, 6.45) is 1.54. The van der Waals surface area contributed by atoms with Crippen LogP contribution in [0, 0.1) is 10.1 Å². The molecule has 9 nitrogen and oxygen atoms in total. The summed E-state index contributed by atoms with van der Waals surface area (Å²) in [6, 6.07) is 8.50. The summed E-state index contributed by atoms with van der Waals surface area (Å²) in [6.45, 7) is 1.52. The van der Waals surface area contributed by atoms with E-state index in [-0.39, 0.29) is 17.2 Å². The molecule has 0 radical (unpaired) electrons. The number of imide groups is 1. The number of carbonyl (C=O) groups excluding carboxylic acids is 3. The summed E-state index contributed by atoms with van der Waals surface area (Å²) >= 11 is 7.59. The fourth-order valence-corrected chi connectivity index (χ4v) is 5.32. The number of nitro benzene ring substituents is 1. The summed E-state index contributed by atoms with van der Waals surface area (Å²) in [5, 5.41) is 10.4. The zero-order chi connectivity index (χ0) is 24.3. The second-order valence-electron chi connectivity index (χ2n) is 6.78. The van der Waals surface area contributed by atoms with Gasteiger partial charge in [-0.05, 0) is 79.9 Å². The third kappa shape index (κ3) is 5.63. The van der Waals surface area contributed by atoms with Gasteiger partial charge in [0.05, 0.1) is 25.9 Å². The van der Waals surface area contributed by atoms with Crippen molar-refractivity contribution in [1.82, 2.24) is 4.90 Å². The Hall–Kier alpha value is -2.70. The Morgan fingerprint density at radius 1 is 1.24 bits per heavy atom. The van der Waals surface area contributed by atoms with E-state index in [2.05, 4.69) is 36.6 Å². The Morgan fingerprint density at radius 2 is 1.91 bits per heavy atom. The molecule has 0 bridgehead atoms. The number of hydrogen-bond donors (Lipinski definition) is 0. The number of halogens is 2. The predicted molar refractivity (Wildman–Crippen MR) is 129 cm³/mol. The van der Waals surface area contributed by atoms with E-state index >= 15 is 0 Å². The molecule has 0 aliphatic carbocycles. The molecule has 0 unspecified atom stereocenters. The highest BCUT2D eigenvalue weighted by Crippen LogP contribution is 2.38. The maximum Gasteiger partial charge on any atom is 0.328 e. The molecular weight excluding hydrogens is 584 g/mol. The normalized spacial score (nSPS) is 15.6. The van der Waals surface area contributed by atoms with Gasteiger partial charge in [-0.2, -0.15) is 0 Å². The summed E-state index contributed by atoms with van der Waals surface area (Å²) < 4.78 is 11.6. The lowest BCUT2D eigenvalue weighted by Crippen LogP contribution is -2.42. The number of ether oxygens (including phenoxy) is 2. The average molecular weight is 600 g/mol. The first kappa shape index (κ1) is 24.9. The highest BCUT2D eigenvalue weighted by molar-refractivity contribution is 9.11. The molecule has 12 heteroatoms. The van der Waals surface area contributed by atoms with Gasteiger partial charge in [-0.15, -0.1) is 0 Å². The molecule has 2 aromatic rings. The highest BCUT2D eigenvalue weighted by atomic mass is 79.9. The molecule has 1 atom stereocenters. The van der Waals surface area contributed by atoms with Gasteiger partial charge in [-0.25, -0.2) is 4.79 Å². The van der Waals surface area contributed by atoms with Crippen molar-refractivity contribution in [3.63, 3.8) is 0 Å². The molecule has 1 heterocycles. The van der Waals surface area contributed by atoms with Crippen molar-refractivity contribution >= 4 is 72.5 Å². The highest BCUT2D eigenvalue weighted by Gasteiger charge is 2.41. The Balaban J connectivity index is 1.79. The van der Waals surface area contributed by atoms with Crippen molar-refractivity contribution in [2.45, 2.75) is 19.6 Å². The van der Waals surface area contributed by atoms with E-state index in [0.717, 1.165) is 16.7 Å². The molecule has 2 amide bonds. The van der Waals surface area contributed by atoms with Crippen molar-refractivity contribution in [1.29, 1.82) is 0 Å². The second-order valence-corrected chi connectivity index (χ2v) is 9.48. The van der Waals surface area contributed by atoms with Crippen LogP contribution in [-0.4, -0.2) is 40.1 Å².